The van der Waals surface area contributed by atoms with Gasteiger partial charge in [0.1, 0.15) is 17.4 Å². The Labute approximate surface area is 150 Å². The molecule has 0 aliphatic carbocycles. The van der Waals surface area contributed by atoms with Gasteiger partial charge in [0.05, 0.1) is 5.69 Å². The molecule has 2 aromatic heterocycles. The second-order valence-corrected chi connectivity index (χ2v) is 5.53. The predicted molar refractivity (Wildman–Crippen MR) is 89.1 cm³/mol. The average Bonchev–Trinajstić information content (AvgIpc) is 3.10. The van der Waals surface area contributed by atoms with Crippen molar-refractivity contribution in [2.75, 3.05) is 17.7 Å². The van der Waals surface area contributed by atoms with Crippen LogP contribution in [0.25, 0.3) is 0 Å². The normalized spacial score (nSPS) is 11.4. The van der Waals surface area contributed by atoms with E-state index in [0.29, 0.717) is 12.0 Å². The molecule has 3 aromatic rings. The number of aromatic amines is 1. The second-order valence-electron chi connectivity index (χ2n) is 5.53. The number of hydrogen-bond donors (Lipinski definition) is 3. The smallest absolute Gasteiger partial charge is 0.422 e. The van der Waals surface area contributed by atoms with Crippen molar-refractivity contribution >= 4 is 17.5 Å². The Morgan fingerprint density at radius 3 is 2.74 bits per heavy atom. The lowest BCUT2D eigenvalue weighted by Gasteiger charge is -2.16. The molecule has 0 unspecified atom stereocenters. The van der Waals surface area contributed by atoms with Gasteiger partial charge in [-0.15, -0.1) is 0 Å². The minimum absolute atomic E-state index is 0.0364. The minimum Gasteiger partial charge on any atom is -0.482 e. The quantitative estimate of drug-likeness (QED) is 0.566. The van der Waals surface area contributed by atoms with Gasteiger partial charge in [-0.1, -0.05) is 0 Å². The first-order chi connectivity index (χ1) is 12.8. The van der Waals surface area contributed by atoms with Crippen LogP contribution in [-0.4, -0.2) is 32.9 Å². The van der Waals surface area contributed by atoms with E-state index >= 15 is 0 Å². The lowest BCUT2D eigenvalue weighted by molar-refractivity contribution is -0.153. The van der Waals surface area contributed by atoms with E-state index in [9.17, 15) is 17.6 Å². The zero-order valence-electron chi connectivity index (χ0n) is 13.7. The van der Waals surface area contributed by atoms with E-state index in [-0.39, 0.29) is 23.2 Å². The van der Waals surface area contributed by atoms with Crippen molar-refractivity contribution in [3.63, 3.8) is 0 Å². The Hall–Kier alpha value is -3.37. The van der Waals surface area contributed by atoms with Crippen LogP contribution in [0.15, 0.2) is 36.7 Å². The maximum atomic E-state index is 13.5. The zero-order valence-corrected chi connectivity index (χ0v) is 13.7. The van der Waals surface area contributed by atoms with E-state index in [4.69, 9.17) is 10.5 Å². The number of aromatic nitrogens is 4. The van der Waals surface area contributed by atoms with Gasteiger partial charge in [0.2, 0.25) is 5.95 Å². The molecule has 0 aliphatic heterocycles. The lowest BCUT2D eigenvalue weighted by Crippen LogP contribution is -2.19. The molecule has 7 nitrogen and oxygen atoms in total. The number of alkyl halides is 3. The summed E-state index contributed by atoms with van der Waals surface area (Å²) in [5.74, 6) is -0.832. The Balaban J connectivity index is 1.89. The number of hydrogen-bond acceptors (Lipinski definition) is 6. The summed E-state index contributed by atoms with van der Waals surface area (Å²) < 4.78 is 55.5. The van der Waals surface area contributed by atoms with Crippen LogP contribution in [0.5, 0.6) is 5.75 Å². The van der Waals surface area contributed by atoms with Crippen LogP contribution in [0.2, 0.25) is 0 Å². The molecular weight excluding hydrogens is 368 g/mol. The fraction of sp³-hybridized carbons (Fsp3) is 0.188. The first-order valence-electron chi connectivity index (χ1n) is 7.66. The largest absolute Gasteiger partial charge is 0.482 e. The number of ether oxygens (including phenoxy) is 1. The van der Waals surface area contributed by atoms with Crippen LogP contribution in [0, 0.1) is 5.82 Å². The first-order valence-corrected chi connectivity index (χ1v) is 7.66. The van der Waals surface area contributed by atoms with Crippen molar-refractivity contribution in [3.05, 3.63) is 53.7 Å². The SMILES string of the molecule is Nc1ncc(Cc2ccn[nH]2)c(Nc2ccc(F)cc2OCC(F)(F)F)n1. The van der Waals surface area contributed by atoms with Gasteiger partial charge in [-0.05, 0) is 18.2 Å². The molecule has 0 bridgehead atoms. The van der Waals surface area contributed by atoms with Gasteiger partial charge in [-0.2, -0.15) is 23.3 Å². The molecule has 0 saturated carbocycles. The summed E-state index contributed by atoms with van der Waals surface area (Å²) in [6, 6.07) is 4.93. The molecule has 0 spiro atoms. The molecule has 3 rings (SSSR count). The number of rotatable bonds is 6. The summed E-state index contributed by atoms with van der Waals surface area (Å²) in [5.41, 5.74) is 7.07. The zero-order chi connectivity index (χ0) is 19.4. The first kappa shape index (κ1) is 18.4. The van der Waals surface area contributed by atoms with Gasteiger partial charge in [-0.3, -0.25) is 5.10 Å². The lowest BCUT2D eigenvalue weighted by atomic mass is 10.1. The van der Waals surface area contributed by atoms with E-state index < -0.39 is 18.6 Å². The third-order valence-corrected chi connectivity index (χ3v) is 3.41. The molecule has 0 amide bonds. The maximum absolute atomic E-state index is 13.5. The van der Waals surface area contributed by atoms with Gasteiger partial charge in [0.25, 0.3) is 0 Å². The molecule has 0 fully saturated rings. The van der Waals surface area contributed by atoms with Crippen molar-refractivity contribution in [2.24, 2.45) is 0 Å². The highest BCUT2D eigenvalue weighted by atomic mass is 19.4. The van der Waals surface area contributed by atoms with Crippen LogP contribution in [0.3, 0.4) is 0 Å². The summed E-state index contributed by atoms with van der Waals surface area (Å²) in [4.78, 5) is 7.99. The highest BCUT2D eigenvalue weighted by Gasteiger charge is 2.29. The molecule has 27 heavy (non-hydrogen) atoms. The third kappa shape index (κ3) is 5.06. The van der Waals surface area contributed by atoms with Gasteiger partial charge < -0.3 is 15.8 Å². The number of benzene rings is 1. The van der Waals surface area contributed by atoms with Crippen molar-refractivity contribution in [1.82, 2.24) is 20.2 Å². The van der Waals surface area contributed by atoms with Crippen molar-refractivity contribution in [2.45, 2.75) is 12.6 Å². The van der Waals surface area contributed by atoms with E-state index in [1.165, 1.54) is 12.3 Å². The summed E-state index contributed by atoms with van der Waals surface area (Å²) in [6.07, 6.45) is -1.15. The number of nitrogens with one attached hydrogen (secondary N) is 2. The van der Waals surface area contributed by atoms with Crippen LogP contribution < -0.4 is 15.8 Å². The number of nitrogens with zero attached hydrogens (tertiary/aromatic N) is 3. The number of halogens is 4. The van der Waals surface area contributed by atoms with E-state index in [1.807, 2.05) is 0 Å². The maximum Gasteiger partial charge on any atom is 0.422 e. The second kappa shape index (κ2) is 7.48. The fourth-order valence-corrected chi connectivity index (χ4v) is 2.25. The standard InChI is InChI=1S/C16H14F4N6O/c17-10-1-2-12(13(6-10)27-8-16(18,19)20)24-14-9(7-22-15(21)25-14)5-11-3-4-23-26-11/h1-4,6-7H,5,8H2,(H,23,26)(H3,21,22,24,25). The molecule has 4 N–H and O–H groups in total. The summed E-state index contributed by atoms with van der Waals surface area (Å²) >= 11 is 0. The van der Waals surface area contributed by atoms with Crippen molar-refractivity contribution < 1.29 is 22.3 Å². The minimum atomic E-state index is -4.56. The molecular formula is C16H14F4N6O. The number of nitrogens with two attached hydrogens (primary N) is 1. The summed E-state index contributed by atoms with van der Waals surface area (Å²) in [7, 11) is 0. The van der Waals surface area contributed by atoms with Crippen LogP contribution in [0.4, 0.5) is 35.0 Å². The molecule has 0 atom stereocenters. The molecule has 0 saturated heterocycles. The van der Waals surface area contributed by atoms with Crippen LogP contribution in [-0.2, 0) is 6.42 Å². The molecule has 0 aliphatic rings. The number of nitrogen functional groups attached to an aromatic ring is 1. The van der Waals surface area contributed by atoms with Gasteiger partial charge in [0.15, 0.2) is 6.61 Å². The van der Waals surface area contributed by atoms with Crippen molar-refractivity contribution in [3.8, 4) is 5.75 Å². The topological polar surface area (TPSA) is 102 Å². The van der Waals surface area contributed by atoms with E-state index in [0.717, 1.165) is 17.8 Å². The molecule has 0 radical (unpaired) electrons. The number of anilines is 3. The van der Waals surface area contributed by atoms with Gasteiger partial charge in [-0.25, -0.2) is 9.37 Å². The molecule has 142 valence electrons. The van der Waals surface area contributed by atoms with E-state index in [1.54, 1.807) is 12.3 Å². The third-order valence-electron chi connectivity index (χ3n) is 3.41. The monoisotopic (exact) mass is 382 g/mol. The highest BCUT2D eigenvalue weighted by Crippen LogP contribution is 2.31. The molecule has 1 aromatic carbocycles. The predicted octanol–water partition coefficient (Wildman–Crippen LogP) is 3.20. The highest BCUT2D eigenvalue weighted by molar-refractivity contribution is 5.66. The van der Waals surface area contributed by atoms with Gasteiger partial charge >= 0.3 is 6.18 Å². The molecule has 11 heteroatoms. The number of H-pyrrole nitrogens is 1. The Bertz CT molecular complexity index is 914. The fourth-order valence-electron chi connectivity index (χ4n) is 2.25. The van der Waals surface area contributed by atoms with Gasteiger partial charge in [0, 0.05) is 36.1 Å². The Kier molecular flexibility index (Phi) is 5.10. The Morgan fingerprint density at radius 1 is 1.22 bits per heavy atom. The van der Waals surface area contributed by atoms with Crippen LogP contribution in [0.1, 0.15) is 11.3 Å². The average molecular weight is 382 g/mol. The summed E-state index contributed by atoms with van der Waals surface area (Å²) in [5, 5.41) is 9.46. The Morgan fingerprint density at radius 2 is 2.04 bits per heavy atom. The van der Waals surface area contributed by atoms with Crippen molar-refractivity contribution in [1.29, 1.82) is 0 Å². The van der Waals surface area contributed by atoms with E-state index in [2.05, 4.69) is 25.5 Å². The van der Waals surface area contributed by atoms with Crippen LogP contribution >= 0.6 is 0 Å². The molecule has 2 heterocycles. The summed E-state index contributed by atoms with van der Waals surface area (Å²) in [6.45, 7) is -1.56.